The Morgan fingerprint density at radius 3 is 2.23 bits per heavy atom. The van der Waals surface area contributed by atoms with Gasteiger partial charge in [-0.25, -0.2) is 0 Å². The van der Waals surface area contributed by atoms with Gasteiger partial charge in [0, 0.05) is 12.5 Å². The number of nitrogens with two attached hydrogens (primary N) is 2. The van der Waals surface area contributed by atoms with Crippen molar-refractivity contribution < 1.29 is 14.6 Å². The first-order valence-corrected chi connectivity index (χ1v) is 8.02. The zero-order chi connectivity index (χ0) is 19.5. The van der Waals surface area contributed by atoms with Gasteiger partial charge in [0.25, 0.3) is 5.97 Å². The molecule has 0 saturated carbocycles. The lowest BCUT2D eigenvalue weighted by Gasteiger charge is -2.09. The van der Waals surface area contributed by atoms with Gasteiger partial charge in [0.15, 0.2) is 0 Å². The summed E-state index contributed by atoms with van der Waals surface area (Å²) in [6.45, 7) is 1.51. The standard InChI is InChI=1S/C15H14Cl2N4O.C2H4O2/c16-13-6-11(22-9-10-4-2-1-3-5-10)7-14(17)12(13)8-20-21-15(18)19;1-2(3)4/h1-8H,9H2,(H4,18,19,21);1H3,(H,3,4)/b20-8+;. The van der Waals surface area contributed by atoms with Crippen LogP contribution in [0.2, 0.25) is 10.0 Å². The van der Waals surface area contributed by atoms with Gasteiger partial charge >= 0.3 is 0 Å². The zero-order valence-corrected chi connectivity index (χ0v) is 15.4. The molecule has 2 rings (SSSR count). The SMILES string of the molecule is CC(=O)O.NC(N)=N/N=C/c1c(Cl)cc(OCc2ccccc2)cc1Cl. The van der Waals surface area contributed by atoms with Crippen LogP contribution in [0.15, 0.2) is 52.7 Å². The van der Waals surface area contributed by atoms with Crippen LogP contribution < -0.4 is 16.2 Å². The predicted molar refractivity (Wildman–Crippen MR) is 104 cm³/mol. The third-order valence-corrected chi connectivity index (χ3v) is 3.29. The average molecular weight is 397 g/mol. The molecule has 7 nitrogen and oxygen atoms in total. The van der Waals surface area contributed by atoms with E-state index in [-0.39, 0.29) is 5.96 Å². The van der Waals surface area contributed by atoms with Crippen molar-refractivity contribution in [2.45, 2.75) is 13.5 Å². The van der Waals surface area contributed by atoms with Crippen LogP contribution in [-0.2, 0) is 11.4 Å². The molecule has 0 aromatic heterocycles. The Kier molecular flexibility index (Phi) is 8.97. The zero-order valence-electron chi connectivity index (χ0n) is 13.9. The molecule has 2 aromatic rings. The Labute approximate surface area is 160 Å². The van der Waals surface area contributed by atoms with Crippen molar-refractivity contribution in [3.8, 4) is 5.75 Å². The van der Waals surface area contributed by atoms with Gasteiger partial charge < -0.3 is 21.3 Å². The molecule has 5 N–H and O–H groups in total. The minimum absolute atomic E-state index is 0.147. The predicted octanol–water partition coefficient (Wildman–Crippen LogP) is 3.27. The number of benzene rings is 2. The second kappa shape index (κ2) is 11.0. The number of carboxylic acid groups (broad SMARTS) is 1. The van der Waals surface area contributed by atoms with Crippen LogP contribution >= 0.6 is 23.2 Å². The molecule has 0 radical (unpaired) electrons. The fourth-order valence-corrected chi connectivity index (χ4v) is 2.23. The molecule has 2 aromatic carbocycles. The van der Waals surface area contributed by atoms with Gasteiger partial charge in [0.2, 0.25) is 5.96 Å². The van der Waals surface area contributed by atoms with Crippen molar-refractivity contribution in [3.05, 3.63) is 63.6 Å². The first-order chi connectivity index (χ1) is 12.3. The molecule has 0 spiro atoms. The van der Waals surface area contributed by atoms with Gasteiger partial charge in [-0.3, -0.25) is 4.79 Å². The van der Waals surface area contributed by atoms with E-state index >= 15 is 0 Å². The maximum atomic E-state index is 9.00. The van der Waals surface area contributed by atoms with Crippen LogP contribution in [0.4, 0.5) is 0 Å². The lowest BCUT2D eigenvalue weighted by molar-refractivity contribution is -0.134. The second-order valence-corrected chi connectivity index (χ2v) is 5.68. The van der Waals surface area contributed by atoms with Crippen molar-refractivity contribution in [2.75, 3.05) is 0 Å². The summed E-state index contributed by atoms with van der Waals surface area (Å²) >= 11 is 12.3. The van der Waals surface area contributed by atoms with E-state index in [9.17, 15) is 0 Å². The number of rotatable bonds is 5. The van der Waals surface area contributed by atoms with Crippen LogP contribution in [0.25, 0.3) is 0 Å². The topological polar surface area (TPSA) is 123 Å². The summed E-state index contributed by atoms with van der Waals surface area (Å²) in [4.78, 5) is 9.00. The molecule has 0 fully saturated rings. The molecule has 0 atom stereocenters. The summed E-state index contributed by atoms with van der Waals surface area (Å²) in [7, 11) is 0. The lowest BCUT2D eigenvalue weighted by Crippen LogP contribution is -2.21. The van der Waals surface area contributed by atoms with Crippen LogP contribution in [-0.4, -0.2) is 23.2 Å². The molecule has 0 unspecified atom stereocenters. The number of carbonyl (C=O) groups is 1. The molecule has 0 heterocycles. The van der Waals surface area contributed by atoms with Crippen LogP contribution in [0, 0.1) is 0 Å². The number of hydrogen-bond acceptors (Lipinski definition) is 4. The smallest absolute Gasteiger partial charge is 0.300 e. The third kappa shape index (κ3) is 8.36. The Hall–Kier alpha value is -2.77. The maximum absolute atomic E-state index is 9.00. The summed E-state index contributed by atoms with van der Waals surface area (Å²) in [6.07, 6.45) is 1.38. The van der Waals surface area contributed by atoms with Crippen LogP contribution in [0.1, 0.15) is 18.1 Å². The van der Waals surface area contributed by atoms with Crippen molar-refractivity contribution >= 4 is 41.3 Å². The summed E-state index contributed by atoms with van der Waals surface area (Å²) in [5.74, 6) is -0.413. The molecular weight excluding hydrogens is 379 g/mol. The Bertz CT molecular complexity index is 765. The fraction of sp³-hybridized carbons (Fsp3) is 0.118. The number of aliphatic carboxylic acids is 1. The van der Waals surface area contributed by atoms with Gasteiger partial charge in [-0.2, -0.15) is 5.10 Å². The van der Waals surface area contributed by atoms with E-state index in [2.05, 4.69) is 10.2 Å². The molecule has 0 saturated heterocycles. The minimum Gasteiger partial charge on any atom is -0.489 e. The molecule has 26 heavy (non-hydrogen) atoms. The Morgan fingerprint density at radius 2 is 1.73 bits per heavy atom. The van der Waals surface area contributed by atoms with Gasteiger partial charge in [0.05, 0.1) is 16.3 Å². The van der Waals surface area contributed by atoms with Gasteiger partial charge in [-0.1, -0.05) is 53.5 Å². The number of hydrogen-bond donors (Lipinski definition) is 3. The third-order valence-electron chi connectivity index (χ3n) is 2.66. The highest BCUT2D eigenvalue weighted by atomic mass is 35.5. The lowest BCUT2D eigenvalue weighted by atomic mass is 10.2. The van der Waals surface area contributed by atoms with E-state index in [1.165, 1.54) is 6.21 Å². The monoisotopic (exact) mass is 396 g/mol. The molecule has 138 valence electrons. The van der Waals surface area contributed by atoms with E-state index in [0.717, 1.165) is 12.5 Å². The molecule has 0 bridgehead atoms. The summed E-state index contributed by atoms with van der Waals surface area (Å²) in [5, 5.41) is 15.4. The van der Waals surface area contributed by atoms with Crippen molar-refractivity contribution in [1.82, 2.24) is 0 Å². The number of carboxylic acids is 1. The average Bonchev–Trinajstić information content (AvgIpc) is 2.55. The number of ether oxygens (including phenoxy) is 1. The molecule has 9 heteroatoms. The van der Waals surface area contributed by atoms with E-state index in [1.54, 1.807) is 12.1 Å². The van der Waals surface area contributed by atoms with E-state index in [0.29, 0.717) is 28.0 Å². The number of guanidine groups is 1. The van der Waals surface area contributed by atoms with Gasteiger partial charge in [0.1, 0.15) is 12.4 Å². The van der Waals surface area contributed by atoms with Crippen molar-refractivity contribution in [2.24, 2.45) is 21.7 Å². The van der Waals surface area contributed by atoms with Crippen LogP contribution in [0.3, 0.4) is 0 Å². The highest BCUT2D eigenvalue weighted by Gasteiger charge is 2.07. The molecular formula is C17H18Cl2N4O3. The maximum Gasteiger partial charge on any atom is 0.300 e. The van der Waals surface area contributed by atoms with E-state index in [4.69, 9.17) is 49.3 Å². The summed E-state index contributed by atoms with van der Waals surface area (Å²) in [5.41, 5.74) is 11.9. The van der Waals surface area contributed by atoms with Gasteiger partial charge in [-0.05, 0) is 17.7 Å². The quantitative estimate of drug-likeness (QED) is 0.406. The van der Waals surface area contributed by atoms with Crippen molar-refractivity contribution in [3.63, 3.8) is 0 Å². The number of halogens is 2. The summed E-state index contributed by atoms with van der Waals surface area (Å²) in [6, 6.07) is 13.1. The fourth-order valence-electron chi connectivity index (χ4n) is 1.66. The Morgan fingerprint density at radius 1 is 1.19 bits per heavy atom. The molecule has 0 amide bonds. The van der Waals surface area contributed by atoms with E-state index < -0.39 is 5.97 Å². The van der Waals surface area contributed by atoms with E-state index in [1.807, 2.05) is 30.3 Å². The first kappa shape index (κ1) is 21.3. The Balaban J connectivity index is 0.000000765. The highest BCUT2D eigenvalue weighted by molar-refractivity contribution is 6.38. The normalized spacial score (nSPS) is 9.96. The largest absolute Gasteiger partial charge is 0.489 e. The number of nitrogens with zero attached hydrogens (tertiary/aromatic N) is 2. The van der Waals surface area contributed by atoms with Gasteiger partial charge in [-0.15, -0.1) is 5.10 Å². The molecule has 0 aliphatic carbocycles. The highest BCUT2D eigenvalue weighted by Crippen LogP contribution is 2.29. The molecule has 0 aliphatic heterocycles. The molecule has 0 aliphatic rings. The van der Waals surface area contributed by atoms with Crippen LogP contribution in [0.5, 0.6) is 5.75 Å². The summed E-state index contributed by atoms with van der Waals surface area (Å²) < 4.78 is 5.67. The van der Waals surface area contributed by atoms with Crippen molar-refractivity contribution in [1.29, 1.82) is 0 Å². The minimum atomic E-state index is -0.833. The second-order valence-electron chi connectivity index (χ2n) is 4.86. The first-order valence-electron chi connectivity index (χ1n) is 7.27.